The maximum absolute atomic E-state index is 5.76. The quantitative estimate of drug-likeness (QED) is 0.830. The first kappa shape index (κ1) is 11.4. The molecule has 19 heavy (non-hydrogen) atoms. The molecule has 4 heteroatoms. The van der Waals surface area contributed by atoms with Crippen LogP contribution < -0.4 is 0 Å². The number of imidazole rings is 1. The largest absolute Gasteiger partial charge is 0.376 e. The average molecular weight is 257 g/mol. The average Bonchev–Trinajstić information content (AvgIpc) is 3.09. The Bertz CT molecular complexity index is 599. The maximum atomic E-state index is 5.76. The molecule has 0 radical (unpaired) electrons. The van der Waals surface area contributed by atoms with Gasteiger partial charge >= 0.3 is 0 Å². The van der Waals surface area contributed by atoms with E-state index in [9.17, 15) is 0 Å². The van der Waals surface area contributed by atoms with Gasteiger partial charge in [0.15, 0.2) is 0 Å². The molecule has 0 spiro atoms. The molecule has 100 valence electrons. The van der Waals surface area contributed by atoms with Crippen molar-refractivity contribution in [3.8, 4) is 0 Å². The van der Waals surface area contributed by atoms with Gasteiger partial charge in [-0.2, -0.15) is 0 Å². The molecule has 4 rings (SSSR count). The summed E-state index contributed by atoms with van der Waals surface area (Å²) in [4.78, 5) is 9.10. The van der Waals surface area contributed by atoms with Crippen LogP contribution in [-0.4, -0.2) is 27.2 Å². The molecule has 1 aliphatic heterocycles. The Morgan fingerprint density at radius 2 is 2.16 bits per heavy atom. The van der Waals surface area contributed by atoms with E-state index in [4.69, 9.17) is 4.74 Å². The van der Waals surface area contributed by atoms with Crippen molar-refractivity contribution >= 4 is 11.0 Å². The van der Waals surface area contributed by atoms with Crippen LogP contribution in [0.3, 0.4) is 0 Å². The van der Waals surface area contributed by atoms with E-state index in [1.165, 1.54) is 42.5 Å². The van der Waals surface area contributed by atoms with E-state index in [1.54, 1.807) is 0 Å². The fourth-order valence-corrected chi connectivity index (χ4v) is 3.39. The summed E-state index contributed by atoms with van der Waals surface area (Å²) >= 11 is 0. The number of hydrogen-bond acceptors (Lipinski definition) is 3. The summed E-state index contributed by atoms with van der Waals surface area (Å²) in [5.41, 5.74) is 5.06. The lowest BCUT2D eigenvalue weighted by atomic mass is 9.95. The van der Waals surface area contributed by atoms with Gasteiger partial charge in [-0.15, -0.1) is 0 Å². The van der Waals surface area contributed by atoms with Crippen molar-refractivity contribution < 1.29 is 4.74 Å². The van der Waals surface area contributed by atoms with E-state index in [-0.39, 0.29) is 0 Å². The molecule has 1 aliphatic carbocycles. The van der Waals surface area contributed by atoms with Crippen LogP contribution in [0.15, 0.2) is 12.5 Å². The molecular weight excluding hydrogens is 238 g/mol. The van der Waals surface area contributed by atoms with Gasteiger partial charge in [0, 0.05) is 12.3 Å². The highest BCUT2D eigenvalue weighted by Crippen LogP contribution is 2.27. The minimum Gasteiger partial charge on any atom is -0.376 e. The van der Waals surface area contributed by atoms with Crippen molar-refractivity contribution in [2.45, 2.75) is 51.2 Å². The Kier molecular flexibility index (Phi) is 2.76. The lowest BCUT2D eigenvalue weighted by Crippen LogP contribution is -2.15. The first-order valence-electron chi connectivity index (χ1n) is 7.35. The smallest absolute Gasteiger partial charge is 0.107 e. The number of hydrogen-bond donors (Lipinski definition) is 0. The second kappa shape index (κ2) is 4.60. The highest BCUT2D eigenvalue weighted by molar-refractivity contribution is 5.79. The first-order chi connectivity index (χ1) is 9.42. The van der Waals surface area contributed by atoms with E-state index in [1.807, 2.05) is 12.5 Å². The molecule has 0 aromatic carbocycles. The van der Waals surface area contributed by atoms with Crippen molar-refractivity contribution in [3.63, 3.8) is 0 Å². The van der Waals surface area contributed by atoms with Crippen molar-refractivity contribution in [1.82, 2.24) is 14.5 Å². The lowest BCUT2D eigenvalue weighted by Gasteiger charge is -2.18. The molecule has 2 aromatic rings. The summed E-state index contributed by atoms with van der Waals surface area (Å²) in [6, 6.07) is 0. The van der Waals surface area contributed by atoms with Crippen LogP contribution in [-0.2, 0) is 24.1 Å². The van der Waals surface area contributed by atoms with E-state index in [2.05, 4.69) is 14.5 Å². The predicted molar refractivity (Wildman–Crippen MR) is 73.1 cm³/mol. The number of pyridine rings is 1. The molecule has 4 nitrogen and oxygen atoms in total. The first-order valence-corrected chi connectivity index (χ1v) is 7.35. The number of fused-ring (bicyclic) bond motifs is 3. The Balaban J connectivity index is 1.77. The van der Waals surface area contributed by atoms with Crippen molar-refractivity contribution in [2.24, 2.45) is 0 Å². The topological polar surface area (TPSA) is 39.9 Å². The summed E-state index contributed by atoms with van der Waals surface area (Å²) in [5.74, 6) is 0. The number of aromatic nitrogens is 3. The Morgan fingerprint density at radius 1 is 1.21 bits per heavy atom. The van der Waals surface area contributed by atoms with Gasteiger partial charge in [-0.05, 0) is 44.1 Å². The highest BCUT2D eigenvalue weighted by atomic mass is 16.5. The minimum absolute atomic E-state index is 0.366. The molecule has 2 aliphatic rings. The number of nitrogens with zero attached hydrogens (tertiary/aromatic N) is 3. The van der Waals surface area contributed by atoms with Crippen LogP contribution in [0, 0.1) is 0 Å². The number of rotatable bonds is 2. The van der Waals surface area contributed by atoms with Gasteiger partial charge < -0.3 is 9.30 Å². The SMILES string of the molecule is c1nc2c(c3c1ncn3C[C@@H]1CCCO1)CCCC2. The van der Waals surface area contributed by atoms with Crippen LogP contribution in [0.1, 0.15) is 36.9 Å². The third-order valence-electron chi connectivity index (χ3n) is 4.36. The van der Waals surface area contributed by atoms with Crippen molar-refractivity contribution in [1.29, 1.82) is 0 Å². The normalized spacial score (nSPS) is 22.8. The summed E-state index contributed by atoms with van der Waals surface area (Å²) in [7, 11) is 0. The molecule has 1 saturated heterocycles. The van der Waals surface area contributed by atoms with Gasteiger partial charge in [-0.1, -0.05) is 0 Å². The Morgan fingerprint density at radius 3 is 3.05 bits per heavy atom. The molecule has 0 saturated carbocycles. The molecule has 0 N–H and O–H groups in total. The third-order valence-corrected chi connectivity index (χ3v) is 4.36. The Labute approximate surface area is 112 Å². The second-order valence-corrected chi connectivity index (χ2v) is 5.66. The number of ether oxygens (including phenoxy) is 1. The van der Waals surface area contributed by atoms with Crippen LogP contribution in [0.4, 0.5) is 0 Å². The van der Waals surface area contributed by atoms with Crippen LogP contribution in [0.5, 0.6) is 0 Å². The van der Waals surface area contributed by atoms with Crippen LogP contribution in [0.2, 0.25) is 0 Å². The maximum Gasteiger partial charge on any atom is 0.107 e. The zero-order valence-electron chi connectivity index (χ0n) is 11.1. The summed E-state index contributed by atoms with van der Waals surface area (Å²) in [5, 5.41) is 0. The van der Waals surface area contributed by atoms with Crippen LogP contribution in [0.25, 0.3) is 11.0 Å². The zero-order chi connectivity index (χ0) is 12.7. The molecule has 1 atom stereocenters. The van der Waals surface area contributed by atoms with Gasteiger partial charge in [0.2, 0.25) is 0 Å². The summed E-state index contributed by atoms with van der Waals surface area (Å²) in [6.45, 7) is 1.85. The fraction of sp³-hybridized carbons (Fsp3) is 0.600. The molecular formula is C15H19N3O. The van der Waals surface area contributed by atoms with E-state index >= 15 is 0 Å². The monoisotopic (exact) mass is 257 g/mol. The second-order valence-electron chi connectivity index (χ2n) is 5.66. The zero-order valence-corrected chi connectivity index (χ0v) is 11.1. The molecule has 0 bridgehead atoms. The van der Waals surface area contributed by atoms with E-state index in [0.717, 1.165) is 31.5 Å². The molecule has 0 unspecified atom stereocenters. The van der Waals surface area contributed by atoms with Gasteiger partial charge in [-0.25, -0.2) is 4.98 Å². The predicted octanol–water partition coefficient (Wildman–Crippen LogP) is 2.49. The summed E-state index contributed by atoms with van der Waals surface area (Å²) < 4.78 is 8.04. The standard InChI is InChI=1S/C15H19N3O/c1-2-6-13-12(5-1)15-14(8-16-13)17-10-18(15)9-11-4-3-7-19-11/h8,10-11H,1-7,9H2/t11-/m0/s1. The van der Waals surface area contributed by atoms with Gasteiger partial charge in [0.1, 0.15) is 5.52 Å². The number of aryl methyl sites for hydroxylation is 2. The van der Waals surface area contributed by atoms with Gasteiger partial charge in [-0.3, -0.25) is 4.98 Å². The minimum atomic E-state index is 0.366. The van der Waals surface area contributed by atoms with Gasteiger partial charge in [0.25, 0.3) is 0 Å². The van der Waals surface area contributed by atoms with Crippen LogP contribution >= 0.6 is 0 Å². The van der Waals surface area contributed by atoms with E-state index < -0.39 is 0 Å². The third kappa shape index (κ3) is 1.94. The fourth-order valence-electron chi connectivity index (χ4n) is 3.39. The molecule has 2 aromatic heterocycles. The van der Waals surface area contributed by atoms with Crippen molar-refractivity contribution in [3.05, 3.63) is 23.8 Å². The Hall–Kier alpha value is -1.42. The molecule has 0 amide bonds. The summed E-state index contributed by atoms with van der Waals surface area (Å²) in [6.07, 6.45) is 11.4. The lowest BCUT2D eigenvalue weighted by molar-refractivity contribution is 0.0978. The van der Waals surface area contributed by atoms with E-state index in [0.29, 0.717) is 6.10 Å². The van der Waals surface area contributed by atoms with Gasteiger partial charge in [0.05, 0.1) is 30.7 Å². The molecule has 1 fully saturated rings. The highest BCUT2D eigenvalue weighted by Gasteiger charge is 2.20. The van der Waals surface area contributed by atoms with Crippen molar-refractivity contribution in [2.75, 3.05) is 6.61 Å². The molecule has 3 heterocycles.